The van der Waals surface area contributed by atoms with Gasteiger partial charge in [0.15, 0.2) is 5.75 Å². The number of benzene rings is 4. The summed E-state index contributed by atoms with van der Waals surface area (Å²) in [6, 6.07) is 28.8. The highest BCUT2D eigenvalue weighted by Crippen LogP contribution is 2.47. The number of aromatic hydroxyl groups is 1. The highest BCUT2D eigenvalue weighted by molar-refractivity contribution is 7.92. The van der Waals surface area contributed by atoms with Crippen LogP contribution in [0.25, 0.3) is 21.7 Å². The number of hydrogen-bond donors (Lipinski definition) is 2. The molecule has 0 unspecified atom stereocenters. The van der Waals surface area contributed by atoms with Gasteiger partial charge in [-0.25, -0.2) is 12.8 Å². The third kappa shape index (κ3) is 5.31. The Bertz CT molecular complexity index is 1920. The Morgan fingerprint density at radius 2 is 1.54 bits per heavy atom. The highest BCUT2D eigenvalue weighted by atomic mass is 32.2. The summed E-state index contributed by atoms with van der Waals surface area (Å²) in [6.45, 7) is 0.211. The van der Waals surface area contributed by atoms with Crippen LogP contribution in [-0.4, -0.2) is 29.3 Å². The van der Waals surface area contributed by atoms with Crippen LogP contribution in [-0.2, 0) is 16.6 Å². The monoisotopic (exact) mass is 567 g/mol. The molecule has 0 bridgehead atoms. The molecule has 4 aromatic carbocycles. The molecule has 0 aliphatic heterocycles. The van der Waals surface area contributed by atoms with E-state index in [1.807, 2.05) is 60.7 Å². The van der Waals surface area contributed by atoms with E-state index in [1.54, 1.807) is 41.2 Å². The van der Waals surface area contributed by atoms with Crippen molar-refractivity contribution >= 4 is 37.4 Å². The molecule has 41 heavy (non-hydrogen) atoms. The average Bonchev–Trinajstić information content (AvgIpc) is 3.30. The first-order chi connectivity index (χ1) is 19.8. The van der Waals surface area contributed by atoms with Crippen molar-refractivity contribution in [3.05, 3.63) is 132 Å². The van der Waals surface area contributed by atoms with Crippen molar-refractivity contribution in [2.45, 2.75) is 12.6 Å². The molecule has 2 N–H and O–H groups in total. The van der Waals surface area contributed by atoms with Gasteiger partial charge in [-0.3, -0.25) is 9.71 Å². The van der Waals surface area contributed by atoms with Crippen LogP contribution in [0.15, 0.2) is 109 Å². The van der Waals surface area contributed by atoms with Gasteiger partial charge in [-0.2, -0.15) is 0 Å². The first kappa shape index (κ1) is 26.3. The number of anilines is 1. The van der Waals surface area contributed by atoms with E-state index in [0.717, 1.165) is 22.9 Å². The first-order valence-corrected chi connectivity index (χ1v) is 14.8. The average molecular weight is 568 g/mol. The summed E-state index contributed by atoms with van der Waals surface area (Å²) in [7, 11) is -3.70. The Morgan fingerprint density at radius 3 is 2.15 bits per heavy atom. The van der Waals surface area contributed by atoms with Gasteiger partial charge in [-0.15, -0.1) is 0 Å². The number of rotatable bonds is 8. The van der Waals surface area contributed by atoms with Gasteiger partial charge >= 0.3 is 0 Å². The van der Waals surface area contributed by atoms with E-state index >= 15 is 0 Å². The zero-order chi connectivity index (χ0) is 28.6. The van der Waals surface area contributed by atoms with E-state index in [9.17, 15) is 17.9 Å². The molecule has 0 saturated heterocycles. The molecule has 0 aliphatic rings. The second kappa shape index (κ2) is 10.6. The standard InChI is InChI=1S/C32H26FN3O4S/c1-41(38,39)35-28-25-13-8-18-34-29(25)31(40-30(22-9-4-2-5-10-22)23-11-6-3-7-12-23)27-26(28)20-36(32(27)37)19-21-14-16-24(33)17-15-21/h2-18,20,30,35,37H,19H2,1H3. The van der Waals surface area contributed by atoms with Crippen molar-refractivity contribution in [3.63, 3.8) is 0 Å². The second-order valence-corrected chi connectivity index (χ2v) is 11.5. The summed E-state index contributed by atoms with van der Waals surface area (Å²) < 4.78 is 49.5. The molecule has 6 aromatic rings. The molecule has 0 aliphatic carbocycles. The summed E-state index contributed by atoms with van der Waals surface area (Å²) in [5.41, 5.74) is 3.19. The largest absolute Gasteiger partial charge is 0.494 e. The minimum absolute atomic E-state index is 0.136. The van der Waals surface area contributed by atoms with Gasteiger partial charge in [0.2, 0.25) is 15.9 Å². The Balaban J connectivity index is 1.62. The van der Waals surface area contributed by atoms with Crippen LogP contribution in [0, 0.1) is 5.82 Å². The van der Waals surface area contributed by atoms with Gasteiger partial charge in [0.05, 0.1) is 23.9 Å². The summed E-state index contributed by atoms with van der Waals surface area (Å²) in [5.74, 6) is -0.192. The fourth-order valence-corrected chi connectivity index (χ4v) is 5.62. The lowest BCUT2D eigenvalue weighted by Crippen LogP contribution is -2.12. The van der Waals surface area contributed by atoms with Crippen LogP contribution >= 0.6 is 0 Å². The fraction of sp³-hybridized carbons (Fsp3) is 0.0938. The second-order valence-electron chi connectivity index (χ2n) is 9.79. The van der Waals surface area contributed by atoms with Crippen LogP contribution in [0.5, 0.6) is 11.6 Å². The number of sulfonamides is 1. The molecule has 0 fully saturated rings. The Kier molecular flexibility index (Phi) is 6.80. The van der Waals surface area contributed by atoms with Gasteiger partial charge in [0.1, 0.15) is 17.4 Å². The third-order valence-corrected chi connectivity index (χ3v) is 7.41. The van der Waals surface area contributed by atoms with E-state index in [4.69, 9.17) is 4.74 Å². The third-order valence-electron chi connectivity index (χ3n) is 6.83. The van der Waals surface area contributed by atoms with E-state index in [-0.39, 0.29) is 23.9 Å². The topological polar surface area (TPSA) is 93.5 Å². The zero-order valence-electron chi connectivity index (χ0n) is 22.0. The lowest BCUT2D eigenvalue weighted by Gasteiger charge is -2.22. The molecule has 0 radical (unpaired) electrons. The Morgan fingerprint density at radius 1 is 0.902 bits per heavy atom. The number of aromatic nitrogens is 2. The van der Waals surface area contributed by atoms with Crippen LogP contribution in [0.3, 0.4) is 0 Å². The number of halogens is 1. The van der Waals surface area contributed by atoms with Crippen LogP contribution in [0.4, 0.5) is 10.1 Å². The van der Waals surface area contributed by atoms with Gasteiger partial charge in [0.25, 0.3) is 0 Å². The number of fused-ring (bicyclic) bond motifs is 2. The minimum atomic E-state index is -3.70. The predicted octanol–water partition coefficient (Wildman–Crippen LogP) is 6.62. The van der Waals surface area contributed by atoms with Crippen molar-refractivity contribution in [1.82, 2.24) is 9.55 Å². The molecule has 0 amide bonds. The number of nitrogens with zero attached hydrogens (tertiary/aromatic N) is 2. The summed E-state index contributed by atoms with van der Waals surface area (Å²) in [4.78, 5) is 4.58. The number of pyridine rings is 1. The lowest BCUT2D eigenvalue weighted by atomic mass is 10.0. The molecule has 206 valence electrons. The van der Waals surface area contributed by atoms with E-state index < -0.39 is 16.1 Å². The summed E-state index contributed by atoms with van der Waals surface area (Å²) in [5, 5.41) is 12.9. The van der Waals surface area contributed by atoms with E-state index in [1.165, 1.54) is 12.1 Å². The number of nitrogens with one attached hydrogen (secondary N) is 1. The molecule has 9 heteroatoms. The first-order valence-electron chi connectivity index (χ1n) is 12.9. The van der Waals surface area contributed by atoms with Gasteiger partial charge in [-0.1, -0.05) is 72.8 Å². The normalized spacial score (nSPS) is 11.8. The van der Waals surface area contributed by atoms with Crippen molar-refractivity contribution in [1.29, 1.82) is 0 Å². The fourth-order valence-electron chi connectivity index (χ4n) is 5.03. The molecule has 0 saturated carbocycles. The van der Waals surface area contributed by atoms with Crippen molar-refractivity contribution < 1.29 is 22.7 Å². The van der Waals surface area contributed by atoms with Crippen LogP contribution in [0.2, 0.25) is 0 Å². The molecule has 7 nitrogen and oxygen atoms in total. The van der Waals surface area contributed by atoms with Gasteiger partial charge in [-0.05, 0) is 41.0 Å². The maximum absolute atomic E-state index is 13.6. The molecular weight excluding hydrogens is 541 g/mol. The molecule has 0 spiro atoms. The van der Waals surface area contributed by atoms with Crippen LogP contribution in [0.1, 0.15) is 22.8 Å². The van der Waals surface area contributed by atoms with E-state index in [0.29, 0.717) is 27.4 Å². The molecule has 6 rings (SSSR count). The smallest absolute Gasteiger partial charge is 0.229 e. The zero-order valence-corrected chi connectivity index (χ0v) is 22.8. The highest BCUT2D eigenvalue weighted by Gasteiger charge is 2.27. The SMILES string of the molecule is CS(=O)(=O)Nc1c2cccnc2c(OC(c2ccccc2)c2ccccc2)c2c(O)n(Cc3ccc(F)cc3)cc12. The van der Waals surface area contributed by atoms with Crippen LogP contribution < -0.4 is 9.46 Å². The molecule has 2 heterocycles. The number of hydrogen-bond acceptors (Lipinski definition) is 5. The van der Waals surface area contributed by atoms with Gasteiger partial charge < -0.3 is 14.4 Å². The molecular formula is C32H26FN3O4S. The van der Waals surface area contributed by atoms with E-state index in [2.05, 4.69) is 9.71 Å². The van der Waals surface area contributed by atoms with Gasteiger partial charge in [0, 0.05) is 23.2 Å². The van der Waals surface area contributed by atoms with Crippen molar-refractivity contribution in [3.8, 4) is 11.6 Å². The predicted molar refractivity (Wildman–Crippen MR) is 158 cm³/mol. The molecule has 0 atom stereocenters. The minimum Gasteiger partial charge on any atom is -0.494 e. The van der Waals surface area contributed by atoms with Crippen molar-refractivity contribution in [2.24, 2.45) is 0 Å². The maximum Gasteiger partial charge on any atom is 0.229 e. The Labute approximate surface area is 236 Å². The maximum atomic E-state index is 13.6. The Hall–Kier alpha value is -4.89. The quantitative estimate of drug-likeness (QED) is 0.216. The number of ether oxygens (including phenoxy) is 1. The summed E-state index contributed by atoms with van der Waals surface area (Å²) >= 11 is 0. The summed E-state index contributed by atoms with van der Waals surface area (Å²) in [6.07, 6.45) is 3.78. The molecule has 2 aromatic heterocycles. The lowest BCUT2D eigenvalue weighted by molar-refractivity contribution is 0.252. The van der Waals surface area contributed by atoms with Crippen molar-refractivity contribution in [2.75, 3.05) is 11.0 Å².